The van der Waals surface area contributed by atoms with Crippen LogP contribution in [0.15, 0.2) is 4.52 Å². The van der Waals surface area contributed by atoms with E-state index in [0.717, 1.165) is 19.3 Å². The Balaban J connectivity index is 0.00000312. The predicted octanol–water partition coefficient (Wildman–Crippen LogP) is 0.390. The van der Waals surface area contributed by atoms with Crippen LogP contribution in [0.25, 0.3) is 0 Å². The molecular formula is C15H26ClN5O4. The highest BCUT2D eigenvalue weighted by Gasteiger charge is 2.32. The lowest BCUT2D eigenvalue weighted by Gasteiger charge is -2.33. The van der Waals surface area contributed by atoms with E-state index < -0.39 is 5.91 Å². The van der Waals surface area contributed by atoms with Gasteiger partial charge in [0.25, 0.3) is 11.7 Å². The molecule has 9 nitrogen and oxygen atoms in total. The maximum atomic E-state index is 12.3. The highest BCUT2D eigenvalue weighted by Crippen LogP contribution is 2.26. The number of aromatic nitrogens is 2. The molecule has 1 aromatic rings. The van der Waals surface area contributed by atoms with Crippen molar-refractivity contribution in [1.29, 1.82) is 0 Å². The Kier molecular flexibility index (Phi) is 8.81. The Morgan fingerprint density at radius 1 is 1.40 bits per heavy atom. The summed E-state index contributed by atoms with van der Waals surface area (Å²) in [5.74, 6) is -0.557. The van der Waals surface area contributed by atoms with Crippen molar-refractivity contribution in [3.8, 4) is 0 Å². The fourth-order valence-corrected chi connectivity index (χ4v) is 2.73. The monoisotopic (exact) mass is 375 g/mol. The van der Waals surface area contributed by atoms with Gasteiger partial charge in [0.15, 0.2) is 0 Å². The van der Waals surface area contributed by atoms with Gasteiger partial charge in [-0.15, -0.1) is 12.4 Å². The van der Waals surface area contributed by atoms with Gasteiger partial charge in [-0.3, -0.25) is 9.59 Å². The van der Waals surface area contributed by atoms with Crippen molar-refractivity contribution in [2.24, 2.45) is 11.7 Å². The highest BCUT2D eigenvalue weighted by atomic mass is 35.5. The van der Waals surface area contributed by atoms with Crippen LogP contribution in [0.3, 0.4) is 0 Å². The molecule has 1 fully saturated rings. The fraction of sp³-hybridized carbons (Fsp3) is 0.733. The molecule has 0 aliphatic heterocycles. The molecule has 3 atom stereocenters. The summed E-state index contributed by atoms with van der Waals surface area (Å²) in [6.45, 7) is 2.84. The molecule has 0 saturated heterocycles. The molecular weight excluding hydrogens is 350 g/mol. The van der Waals surface area contributed by atoms with Crippen LogP contribution in [-0.4, -0.2) is 47.8 Å². The van der Waals surface area contributed by atoms with Crippen LogP contribution in [0.5, 0.6) is 0 Å². The van der Waals surface area contributed by atoms with Gasteiger partial charge in [0, 0.05) is 25.6 Å². The molecule has 4 N–H and O–H groups in total. The van der Waals surface area contributed by atoms with Crippen molar-refractivity contribution in [3.05, 3.63) is 11.7 Å². The fourth-order valence-electron chi connectivity index (χ4n) is 2.73. The van der Waals surface area contributed by atoms with E-state index >= 15 is 0 Å². The number of amides is 2. The van der Waals surface area contributed by atoms with Gasteiger partial charge in [-0.25, -0.2) is 0 Å². The van der Waals surface area contributed by atoms with Crippen molar-refractivity contribution >= 4 is 24.2 Å². The first kappa shape index (κ1) is 21.3. The van der Waals surface area contributed by atoms with E-state index in [1.165, 1.54) is 7.05 Å². The summed E-state index contributed by atoms with van der Waals surface area (Å²) in [5.41, 5.74) is 6.12. The number of nitrogens with zero attached hydrogens (tertiary/aromatic N) is 2. The van der Waals surface area contributed by atoms with Crippen molar-refractivity contribution in [2.75, 3.05) is 13.7 Å². The van der Waals surface area contributed by atoms with E-state index in [-0.39, 0.29) is 54.6 Å². The van der Waals surface area contributed by atoms with Crippen LogP contribution in [0, 0.1) is 5.92 Å². The minimum absolute atomic E-state index is 0. The van der Waals surface area contributed by atoms with Crippen LogP contribution in [0.2, 0.25) is 0 Å². The number of carbonyl (C=O) groups excluding carboxylic acids is 2. The van der Waals surface area contributed by atoms with Gasteiger partial charge < -0.3 is 25.6 Å². The third-order valence-electron chi connectivity index (χ3n) is 4.05. The first-order chi connectivity index (χ1) is 11.5. The number of nitrogens with one attached hydrogen (secondary N) is 2. The Morgan fingerprint density at radius 2 is 2.16 bits per heavy atom. The Morgan fingerprint density at radius 3 is 2.80 bits per heavy atom. The van der Waals surface area contributed by atoms with E-state index in [2.05, 4.69) is 27.7 Å². The lowest BCUT2D eigenvalue weighted by molar-refractivity contribution is -0.127. The van der Waals surface area contributed by atoms with E-state index in [4.69, 9.17) is 15.0 Å². The van der Waals surface area contributed by atoms with E-state index in [1.807, 2.05) is 0 Å². The molecule has 142 valence electrons. The van der Waals surface area contributed by atoms with Gasteiger partial charge in [-0.1, -0.05) is 12.1 Å². The number of nitrogens with two attached hydrogens (primary N) is 1. The van der Waals surface area contributed by atoms with Gasteiger partial charge in [-0.05, 0) is 25.7 Å². The summed E-state index contributed by atoms with van der Waals surface area (Å²) in [7, 11) is 1.48. The largest absolute Gasteiger partial charge is 0.377 e. The number of hydrogen-bond acceptors (Lipinski definition) is 7. The summed E-state index contributed by atoms with van der Waals surface area (Å²) in [4.78, 5) is 27.5. The second-order valence-corrected chi connectivity index (χ2v) is 5.89. The van der Waals surface area contributed by atoms with E-state index in [9.17, 15) is 9.59 Å². The highest BCUT2D eigenvalue weighted by molar-refractivity contribution is 5.89. The van der Waals surface area contributed by atoms with Crippen molar-refractivity contribution < 1.29 is 18.8 Å². The summed E-state index contributed by atoms with van der Waals surface area (Å²) in [6.07, 6.45) is 3.09. The zero-order chi connectivity index (χ0) is 17.5. The van der Waals surface area contributed by atoms with Crippen LogP contribution in [-0.2, 0) is 16.1 Å². The van der Waals surface area contributed by atoms with Crippen molar-refractivity contribution in [1.82, 2.24) is 20.8 Å². The minimum atomic E-state index is -0.437. The number of rotatable bonds is 7. The Hall–Kier alpha value is -1.71. The molecule has 2 rings (SSSR count). The van der Waals surface area contributed by atoms with Crippen LogP contribution >= 0.6 is 12.4 Å². The zero-order valence-electron chi connectivity index (χ0n) is 14.5. The summed E-state index contributed by atoms with van der Waals surface area (Å²) < 4.78 is 10.6. The van der Waals surface area contributed by atoms with Gasteiger partial charge >= 0.3 is 0 Å². The maximum absolute atomic E-state index is 12.3. The van der Waals surface area contributed by atoms with Crippen molar-refractivity contribution in [2.45, 2.75) is 51.3 Å². The molecule has 0 unspecified atom stereocenters. The van der Waals surface area contributed by atoms with Crippen LogP contribution < -0.4 is 16.4 Å². The average Bonchev–Trinajstić information content (AvgIpc) is 3.06. The van der Waals surface area contributed by atoms with Crippen LogP contribution in [0.1, 0.15) is 49.1 Å². The average molecular weight is 376 g/mol. The molecule has 1 saturated carbocycles. The first-order valence-corrected chi connectivity index (χ1v) is 8.24. The molecule has 1 aliphatic rings. The van der Waals surface area contributed by atoms with Gasteiger partial charge in [0.1, 0.15) is 0 Å². The second-order valence-electron chi connectivity index (χ2n) is 5.89. The third-order valence-corrected chi connectivity index (χ3v) is 4.05. The molecule has 1 heterocycles. The first-order valence-electron chi connectivity index (χ1n) is 8.24. The predicted molar refractivity (Wildman–Crippen MR) is 92.1 cm³/mol. The number of hydrogen-bond donors (Lipinski definition) is 3. The maximum Gasteiger partial charge on any atom is 0.292 e. The minimum Gasteiger partial charge on any atom is -0.377 e. The molecule has 0 spiro atoms. The normalized spacial score (nSPS) is 22.8. The Bertz CT molecular complexity index is 568. The van der Waals surface area contributed by atoms with Crippen molar-refractivity contribution in [3.63, 3.8) is 0 Å². The van der Waals surface area contributed by atoms with Gasteiger partial charge in [-0.2, -0.15) is 4.98 Å². The molecule has 10 heteroatoms. The van der Waals surface area contributed by atoms with Gasteiger partial charge in [0.05, 0.1) is 12.6 Å². The molecule has 0 radical (unpaired) electrons. The van der Waals surface area contributed by atoms with Gasteiger partial charge in [0.2, 0.25) is 11.8 Å². The molecule has 0 aromatic carbocycles. The zero-order valence-corrected chi connectivity index (χ0v) is 15.3. The van der Waals surface area contributed by atoms with Crippen LogP contribution in [0.4, 0.5) is 0 Å². The van der Waals surface area contributed by atoms with E-state index in [0.29, 0.717) is 13.0 Å². The lowest BCUT2D eigenvalue weighted by Crippen LogP contribution is -2.46. The van der Waals surface area contributed by atoms with E-state index in [1.54, 1.807) is 0 Å². The molecule has 1 aliphatic carbocycles. The molecule has 2 amide bonds. The SMILES string of the molecule is CCCO[C@@H]1CC[C@H](C(=O)NCc2nc(C(=O)NC)no2)C[C@H]1N.Cl. The lowest BCUT2D eigenvalue weighted by atomic mass is 9.83. The number of carbonyl (C=O) groups is 2. The Labute approximate surface area is 152 Å². The summed E-state index contributed by atoms with van der Waals surface area (Å²) in [5, 5.41) is 8.69. The second kappa shape index (κ2) is 10.3. The molecule has 1 aromatic heterocycles. The quantitative estimate of drug-likeness (QED) is 0.627. The summed E-state index contributed by atoms with van der Waals surface area (Å²) in [6, 6.07) is -0.135. The standard InChI is InChI=1S/C15H25N5O4.ClH/c1-3-6-23-11-5-4-9(7-10(11)16)14(21)18-8-12-19-13(20-24-12)15(22)17-2;/h9-11H,3-8,16H2,1-2H3,(H,17,22)(H,18,21);1H/t9-,10+,11+;/m0./s1. The summed E-state index contributed by atoms with van der Waals surface area (Å²) >= 11 is 0. The smallest absolute Gasteiger partial charge is 0.292 e. The topological polar surface area (TPSA) is 132 Å². The number of ether oxygens (including phenoxy) is 1. The molecule has 0 bridgehead atoms. The number of halogens is 1. The third kappa shape index (κ3) is 5.94. The molecule has 25 heavy (non-hydrogen) atoms.